The normalized spacial score (nSPS) is 23.7. The summed E-state index contributed by atoms with van der Waals surface area (Å²) in [5, 5.41) is 27.4. The molecule has 6 N–H and O–H groups in total. The number of nitrogen functional groups attached to an aromatic ring is 1. The van der Waals surface area contributed by atoms with E-state index in [0.717, 1.165) is 7.11 Å². The number of carbonyl (C=O) groups is 3. The summed E-state index contributed by atoms with van der Waals surface area (Å²) in [6, 6.07) is -2.49. The fourth-order valence-corrected chi connectivity index (χ4v) is 8.21. The number of anilines is 1. The van der Waals surface area contributed by atoms with Gasteiger partial charge in [-0.15, -0.1) is 0 Å². The van der Waals surface area contributed by atoms with Crippen LogP contribution in [0.1, 0.15) is 47.8 Å². The van der Waals surface area contributed by atoms with Crippen molar-refractivity contribution >= 4 is 53.2 Å². The number of nitrogens with one attached hydrogen (secondary N) is 2. The third kappa shape index (κ3) is 9.43. The van der Waals surface area contributed by atoms with Crippen LogP contribution in [0, 0.1) is 0 Å². The Kier molecular flexibility index (Phi) is 12.8. The number of imidazole rings is 1. The van der Waals surface area contributed by atoms with Crippen LogP contribution in [0.2, 0.25) is 0 Å². The van der Waals surface area contributed by atoms with Gasteiger partial charge in [0.15, 0.2) is 17.4 Å². The summed E-state index contributed by atoms with van der Waals surface area (Å²) in [7, 11) is 2.47. The standard InChI is InChI=1S/C26H42N7O12PS/c1-12(2)43-21(35)14(5)32-46(39,47-10-15(29-25(37)41-8)22(36)44-13(3)4)42-9-16-18(34)26(6,38)23(45-16)33-11-28-17-19(33)30-24(27)31-20(17)40-7/h11-16,18,23,34,38H,9-10H2,1-8H3,(H,29,37)(H,32,39)(H2,27,30,31)/t14-,15-,16-,18-,23-,26?,46?/m1/s1. The average Bonchev–Trinajstić information content (AvgIpc) is 3.49. The Morgan fingerprint density at radius 2 is 1.79 bits per heavy atom. The second-order valence-corrected chi connectivity index (χ2v) is 15.5. The van der Waals surface area contributed by atoms with Gasteiger partial charge < -0.3 is 49.5 Å². The lowest BCUT2D eigenvalue weighted by molar-refractivity contribution is -0.150. The average molecular weight is 708 g/mol. The van der Waals surface area contributed by atoms with Gasteiger partial charge in [-0.3, -0.25) is 13.9 Å². The van der Waals surface area contributed by atoms with E-state index in [4.69, 9.17) is 29.2 Å². The molecule has 21 heteroatoms. The van der Waals surface area contributed by atoms with Crippen molar-refractivity contribution in [1.82, 2.24) is 29.9 Å². The molecule has 3 heterocycles. The smallest absolute Gasteiger partial charge is 0.407 e. The zero-order chi connectivity index (χ0) is 35.3. The number of nitrogens with two attached hydrogens (primary N) is 1. The highest BCUT2D eigenvalue weighted by molar-refractivity contribution is 8.56. The Morgan fingerprint density at radius 3 is 2.38 bits per heavy atom. The number of amides is 1. The number of rotatable bonds is 15. The van der Waals surface area contributed by atoms with Crippen LogP contribution in [0.5, 0.6) is 5.88 Å². The predicted octanol–water partition coefficient (Wildman–Crippen LogP) is 0.890. The van der Waals surface area contributed by atoms with Crippen LogP contribution in [0.3, 0.4) is 0 Å². The van der Waals surface area contributed by atoms with Gasteiger partial charge in [0.25, 0.3) is 0 Å². The highest BCUT2D eigenvalue weighted by atomic mass is 32.7. The van der Waals surface area contributed by atoms with Gasteiger partial charge in [-0.2, -0.15) is 9.97 Å². The lowest BCUT2D eigenvalue weighted by atomic mass is 9.96. The molecule has 0 radical (unpaired) electrons. The molecule has 47 heavy (non-hydrogen) atoms. The molecule has 0 aliphatic carbocycles. The Hall–Kier alpha value is -3.26. The first-order chi connectivity index (χ1) is 21.9. The second-order valence-electron chi connectivity index (χ2n) is 11.2. The summed E-state index contributed by atoms with van der Waals surface area (Å²) in [6.07, 6.45) is -4.80. The fourth-order valence-electron chi connectivity index (χ4n) is 4.36. The van der Waals surface area contributed by atoms with Gasteiger partial charge in [0.05, 0.1) is 39.4 Å². The summed E-state index contributed by atoms with van der Waals surface area (Å²) < 4.78 is 47.5. The monoisotopic (exact) mass is 707 g/mol. The number of aliphatic hydroxyl groups is 2. The molecule has 3 rings (SSSR count). The van der Waals surface area contributed by atoms with Crippen LogP contribution in [-0.2, 0) is 37.6 Å². The van der Waals surface area contributed by atoms with Gasteiger partial charge in [-0.25, -0.2) is 19.7 Å². The number of carbonyl (C=O) groups excluding carboxylic acids is 3. The van der Waals surface area contributed by atoms with Crippen molar-refractivity contribution in [3.05, 3.63) is 6.33 Å². The van der Waals surface area contributed by atoms with Crippen LogP contribution >= 0.6 is 18.1 Å². The van der Waals surface area contributed by atoms with E-state index in [2.05, 4.69) is 30.1 Å². The first-order valence-electron chi connectivity index (χ1n) is 14.4. The number of hydrogen-bond acceptors (Lipinski definition) is 17. The van der Waals surface area contributed by atoms with Crippen LogP contribution < -0.4 is 20.9 Å². The first kappa shape index (κ1) is 38.2. The van der Waals surface area contributed by atoms with Crippen molar-refractivity contribution in [3.63, 3.8) is 0 Å². The predicted molar refractivity (Wildman–Crippen MR) is 167 cm³/mol. The zero-order valence-electron chi connectivity index (χ0n) is 27.2. The Labute approximate surface area is 274 Å². The minimum absolute atomic E-state index is 0.0794. The molecule has 264 valence electrons. The summed E-state index contributed by atoms with van der Waals surface area (Å²) in [4.78, 5) is 49.6. The van der Waals surface area contributed by atoms with Crippen molar-refractivity contribution < 1.29 is 57.4 Å². The van der Waals surface area contributed by atoms with Crippen LogP contribution in [0.25, 0.3) is 11.2 Å². The summed E-state index contributed by atoms with van der Waals surface area (Å²) in [5.41, 5.74) is 4.22. The van der Waals surface area contributed by atoms with Crippen LogP contribution in [0.4, 0.5) is 10.7 Å². The molecule has 0 saturated carbocycles. The van der Waals surface area contributed by atoms with Gasteiger partial charge >= 0.3 is 24.8 Å². The summed E-state index contributed by atoms with van der Waals surface area (Å²) in [5.74, 6) is -1.98. The number of alkyl carbamates (subject to hydrolysis) is 1. The van der Waals surface area contributed by atoms with Crippen molar-refractivity contribution in [2.24, 2.45) is 0 Å². The van der Waals surface area contributed by atoms with E-state index < -0.39 is 79.7 Å². The quantitative estimate of drug-likeness (QED) is 0.0978. The second kappa shape index (κ2) is 15.8. The molecule has 1 amide bonds. The SMILES string of the molecule is COC(=O)N[C@H](CSP(=O)(N[C@H](C)C(=O)OC(C)C)OC[C@H]1O[C@@H](n2cnc3c(OC)nc(N)nc32)C(C)(O)[C@@H]1O)C(=O)OC(C)C. The minimum atomic E-state index is -4.19. The largest absolute Gasteiger partial charge is 0.479 e. The number of fused-ring (bicyclic) bond motifs is 1. The number of nitrogens with zero attached hydrogens (tertiary/aromatic N) is 4. The highest BCUT2D eigenvalue weighted by Gasteiger charge is 2.54. The lowest BCUT2D eigenvalue weighted by Gasteiger charge is -2.27. The molecule has 0 aromatic carbocycles. The fraction of sp³-hybridized carbons (Fsp3) is 0.692. The molecule has 19 nitrogen and oxygen atoms in total. The Bertz CT molecular complexity index is 1480. The maximum atomic E-state index is 14.2. The number of hydrogen-bond donors (Lipinski definition) is 5. The summed E-state index contributed by atoms with van der Waals surface area (Å²) >= 11 is 0.579. The first-order valence-corrected chi connectivity index (χ1v) is 17.7. The summed E-state index contributed by atoms with van der Waals surface area (Å²) in [6.45, 7) is 4.44. The molecular weight excluding hydrogens is 665 g/mol. The van der Waals surface area contributed by atoms with E-state index in [9.17, 15) is 29.2 Å². The third-order valence-corrected chi connectivity index (χ3v) is 10.7. The molecule has 2 aromatic rings. The zero-order valence-corrected chi connectivity index (χ0v) is 28.9. The maximum absolute atomic E-state index is 14.2. The van der Waals surface area contributed by atoms with Gasteiger partial charge in [-0.05, 0) is 41.5 Å². The molecule has 1 aliphatic rings. The van der Waals surface area contributed by atoms with Crippen molar-refractivity contribution in [3.8, 4) is 5.88 Å². The topological polar surface area (TPSA) is 258 Å². The minimum Gasteiger partial charge on any atom is -0.479 e. The molecule has 1 fully saturated rings. The molecule has 7 atom stereocenters. The number of aromatic nitrogens is 4. The van der Waals surface area contributed by atoms with Crippen molar-refractivity contribution in [1.29, 1.82) is 0 Å². The van der Waals surface area contributed by atoms with Gasteiger partial charge in [0.1, 0.15) is 29.9 Å². The third-order valence-electron chi connectivity index (χ3n) is 6.60. The van der Waals surface area contributed by atoms with Crippen LogP contribution in [0.15, 0.2) is 6.33 Å². The molecule has 1 saturated heterocycles. The van der Waals surface area contributed by atoms with Crippen LogP contribution in [-0.4, -0.2) is 116 Å². The Balaban J connectivity index is 1.86. The van der Waals surface area contributed by atoms with E-state index in [1.807, 2.05) is 0 Å². The van der Waals surface area contributed by atoms with E-state index in [0.29, 0.717) is 11.4 Å². The molecule has 2 aromatic heterocycles. The van der Waals surface area contributed by atoms with E-state index in [1.165, 1.54) is 31.9 Å². The van der Waals surface area contributed by atoms with Gasteiger partial charge in [0.2, 0.25) is 11.8 Å². The molecule has 0 bridgehead atoms. The van der Waals surface area contributed by atoms with Gasteiger partial charge in [-0.1, -0.05) is 11.4 Å². The lowest BCUT2D eigenvalue weighted by Crippen LogP contribution is -2.45. The molecule has 1 aliphatic heterocycles. The molecular formula is C26H42N7O12PS. The van der Waals surface area contributed by atoms with Gasteiger partial charge in [0, 0.05) is 5.75 Å². The maximum Gasteiger partial charge on any atom is 0.407 e. The number of methoxy groups -OCH3 is 2. The molecule has 2 unspecified atom stereocenters. The van der Waals surface area contributed by atoms with Crippen molar-refractivity contribution in [2.45, 2.75) is 89.9 Å². The number of ether oxygens (including phenoxy) is 5. The molecule has 0 spiro atoms. The van der Waals surface area contributed by atoms with E-state index in [-0.39, 0.29) is 28.7 Å². The number of esters is 2. The van der Waals surface area contributed by atoms with E-state index in [1.54, 1.807) is 27.7 Å². The van der Waals surface area contributed by atoms with Crippen molar-refractivity contribution in [2.75, 3.05) is 32.3 Å². The van der Waals surface area contributed by atoms with E-state index >= 15 is 0 Å². The number of aliphatic hydroxyl groups excluding tert-OH is 1. The highest BCUT2D eigenvalue weighted by Crippen LogP contribution is 2.57. The Morgan fingerprint density at radius 1 is 1.15 bits per heavy atom.